The van der Waals surface area contributed by atoms with Gasteiger partial charge in [0.25, 0.3) is 5.91 Å². The Morgan fingerprint density at radius 2 is 1.69 bits per heavy atom. The Labute approximate surface area is 169 Å². The number of hydrogen-bond donors (Lipinski definition) is 1. The summed E-state index contributed by atoms with van der Waals surface area (Å²) in [6, 6.07) is 6.76. The molecule has 0 bridgehead atoms. The number of methoxy groups -OCH3 is 1. The molecule has 1 N–H and O–H groups in total. The van der Waals surface area contributed by atoms with E-state index in [1.54, 1.807) is 31.4 Å². The van der Waals surface area contributed by atoms with Gasteiger partial charge in [-0.3, -0.25) is 24.1 Å². The van der Waals surface area contributed by atoms with Crippen molar-refractivity contribution in [3.63, 3.8) is 0 Å². The summed E-state index contributed by atoms with van der Waals surface area (Å²) in [5.41, 5.74) is 0.551. The van der Waals surface area contributed by atoms with Gasteiger partial charge in [-0.2, -0.15) is 0 Å². The summed E-state index contributed by atoms with van der Waals surface area (Å²) in [6.07, 6.45) is 2.25. The highest BCUT2D eigenvalue weighted by Crippen LogP contribution is 2.37. The molecule has 3 rings (SSSR count). The fourth-order valence-electron chi connectivity index (χ4n) is 3.88. The van der Waals surface area contributed by atoms with E-state index in [1.165, 1.54) is 11.8 Å². The molecule has 1 aliphatic heterocycles. The molecule has 1 aromatic rings. The summed E-state index contributed by atoms with van der Waals surface area (Å²) in [6.45, 7) is 1.47. The zero-order valence-electron chi connectivity index (χ0n) is 16.7. The Morgan fingerprint density at radius 3 is 2.24 bits per heavy atom. The molecule has 3 atom stereocenters. The van der Waals surface area contributed by atoms with Gasteiger partial charge >= 0.3 is 5.97 Å². The predicted octanol–water partition coefficient (Wildman–Crippen LogP) is 2.13. The molecule has 1 saturated heterocycles. The van der Waals surface area contributed by atoms with Gasteiger partial charge in [-0.1, -0.05) is 12.8 Å². The number of imide groups is 1. The molecule has 8 heteroatoms. The largest absolute Gasteiger partial charge is 0.497 e. The van der Waals surface area contributed by atoms with Crippen LogP contribution >= 0.6 is 0 Å². The van der Waals surface area contributed by atoms with Crippen molar-refractivity contribution in [2.45, 2.75) is 45.1 Å². The average Bonchev–Trinajstić information content (AvgIpc) is 2.97. The Morgan fingerprint density at radius 1 is 1.10 bits per heavy atom. The molecular formula is C21H26N2O6. The third kappa shape index (κ3) is 4.75. The maximum absolute atomic E-state index is 12.4. The van der Waals surface area contributed by atoms with Crippen LogP contribution in [-0.4, -0.2) is 48.3 Å². The van der Waals surface area contributed by atoms with Crippen LogP contribution in [0.2, 0.25) is 0 Å². The number of anilines is 1. The molecule has 0 aromatic heterocycles. The standard InChI is InChI=1S/C21H26N2O6/c1-13(19(25)22-14-7-9-15(28-2)10-8-14)29-18(24)11-12-23-20(26)16-5-3-4-6-17(16)21(23)27/h7-10,13,16-17H,3-6,11-12H2,1-2H3,(H,22,25)/t13-,16-,17+/m0/s1. The van der Waals surface area contributed by atoms with E-state index in [9.17, 15) is 19.2 Å². The molecule has 29 heavy (non-hydrogen) atoms. The van der Waals surface area contributed by atoms with Crippen molar-refractivity contribution in [2.24, 2.45) is 11.8 Å². The summed E-state index contributed by atoms with van der Waals surface area (Å²) in [7, 11) is 1.55. The van der Waals surface area contributed by atoms with Crippen LogP contribution in [0, 0.1) is 11.8 Å². The molecule has 0 spiro atoms. The lowest BCUT2D eigenvalue weighted by Crippen LogP contribution is -2.35. The maximum Gasteiger partial charge on any atom is 0.308 e. The average molecular weight is 402 g/mol. The highest BCUT2D eigenvalue weighted by atomic mass is 16.5. The summed E-state index contributed by atoms with van der Waals surface area (Å²) < 4.78 is 10.2. The number of carbonyl (C=O) groups is 4. The van der Waals surface area contributed by atoms with Gasteiger partial charge in [0.1, 0.15) is 5.75 Å². The molecular weight excluding hydrogens is 376 g/mol. The van der Waals surface area contributed by atoms with E-state index < -0.39 is 18.0 Å². The summed E-state index contributed by atoms with van der Waals surface area (Å²) in [5, 5.41) is 2.65. The number of ether oxygens (including phenoxy) is 2. The van der Waals surface area contributed by atoms with Gasteiger partial charge in [0, 0.05) is 12.2 Å². The fourth-order valence-corrected chi connectivity index (χ4v) is 3.88. The number of carbonyl (C=O) groups excluding carboxylic acids is 4. The van der Waals surface area contributed by atoms with Crippen molar-refractivity contribution in [3.8, 4) is 5.75 Å². The molecule has 0 radical (unpaired) electrons. The van der Waals surface area contributed by atoms with Crippen molar-refractivity contribution in [1.29, 1.82) is 0 Å². The zero-order chi connectivity index (χ0) is 21.0. The molecule has 2 aliphatic rings. The number of esters is 1. The van der Waals surface area contributed by atoms with Crippen molar-refractivity contribution < 1.29 is 28.7 Å². The lowest BCUT2D eigenvalue weighted by molar-refractivity contribution is -0.154. The SMILES string of the molecule is COc1ccc(NC(=O)[C@H](C)OC(=O)CCN2C(=O)[C@H]3CCCC[C@H]3C2=O)cc1. The number of amides is 3. The first kappa shape index (κ1) is 20.8. The van der Waals surface area contributed by atoms with Gasteiger partial charge in [-0.15, -0.1) is 0 Å². The second kappa shape index (κ2) is 9.07. The monoisotopic (exact) mass is 402 g/mol. The van der Waals surface area contributed by atoms with Crippen LogP contribution in [-0.2, 0) is 23.9 Å². The Kier molecular flexibility index (Phi) is 6.51. The van der Waals surface area contributed by atoms with Gasteiger partial charge in [0.05, 0.1) is 25.4 Å². The predicted molar refractivity (Wildman–Crippen MR) is 104 cm³/mol. The number of benzene rings is 1. The zero-order valence-corrected chi connectivity index (χ0v) is 16.7. The number of fused-ring (bicyclic) bond motifs is 1. The quantitative estimate of drug-likeness (QED) is 0.554. The first-order valence-electron chi connectivity index (χ1n) is 9.90. The third-order valence-corrected chi connectivity index (χ3v) is 5.51. The smallest absolute Gasteiger partial charge is 0.308 e. The van der Waals surface area contributed by atoms with E-state index in [0.717, 1.165) is 25.7 Å². The van der Waals surface area contributed by atoms with Crippen molar-refractivity contribution in [3.05, 3.63) is 24.3 Å². The minimum absolute atomic E-state index is 0.00365. The van der Waals surface area contributed by atoms with Crippen LogP contribution in [0.25, 0.3) is 0 Å². The van der Waals surface area contributed by atoms with Gasteiger partial charge in [0.15, 0.2) is 6.10 Å². The van der Waals surface area contributed by atoms with E-state index in [-0.39, 0.29) is 36.6 Å². The van der Waals surface area contributed by atoms with Crippen molar-refractivity contribution in [2.75, 3.05) is 19.0 Å². The molecule has 1 aliphatic carbocycles. The molecule has 1 saturated carbocycles. The third-order valence-electron chi connectivity index (χ3n) is 5.51. The fraction of sp³-hybridized carbons (Fsp3) is 0.524. The summed E-state index contributed by atoms with van der Waals surface area (Å²) >= 11 is 0. The first-order chi connectivity index (χ1) is 13.9. The van der Waals surface area contributed by atoms with Crippen LogP contribution in [0.5, 0.6) is 5.75 Å². The lowest BCUT2D eigenvalue weighted by Gasteiger charge is -2.19. The second-order valence-corrected chi connectivity index (χ2v) is 7.43. The minimum atomic E-state index is -1.00. The van der Waals surface area contributed by atoms with E-state index in [2.05, 4.69) is 5.32 Å². The normalized spacial score (nSPS) is 22.1. The minimum Gasteiger partial charge on any atom is -0.497 e. The summed E-state index contributed by atoms with van der Waals surface area (Å²) in [4.78, 5) is 50.3. The van der Waals surface area contributed by atoms with E-state index in [4.69, 9.17) is 9.47 Å². The number of nitrogens with one attached hydrogen (secondary N) is 1. The topological polar surface area (TPSA) is 102 Å². The summed E-state index contributed by atoms with van der Waals surface area (Å²) in [5.74, 6) is -1.27. The number of nitrogens with zero attached hydrogens (tertiary/aromatic N) is 1. The van der Waals surface area contributed by atoms with E-state index >= 15 is 0 Å². The van der Waals surface area contributed by atoms with Crippen LogP contribution < -0.4 is 10.1 Å². The van der Waals surface area contributed by atoms with Crippen LogP contribution in [0.1, 0.15) is 39.0 Å². The Bertz CT molecular complexity index is 767. The van der Waals surface area contributed by atoms with Crippen LogP contribution in [0.15, 0.2) is 24.3 Å². The van der Waals surface area contributed by atoms with Gasteiger partial charge in [-0.05, 0) is 44.0 Å². The molecule has 2 fully saturated rings. The molecule has 1 aromatic carbocycles. The highest BCUT2D eigenvalue weighted by molar-refractivity contribution is 6.05. The Balaban J connectivity index is 1.46. The first-order valence-corrected chi connectivity index (χ1v) is 9.90. The number of likely N-dealkylation sites (tertiary alicyclic amines) is 1. The van der Waals surface area contributed by atoms with E-state index in [1.807, 2.05) is 0 Å². The van der Waals surface area contributed by atoms with Crippen LogP contribution in [0.3, 0.4) is 0 Å². The molecule has 1 heterocycles. The highest BCUT2D eigenvalue weighted by Gasteiger charge is 2.47. The van der Waals surface area contributed by atoms with Crippen molar-refractivity contribution >= 4 is 29.4 Å². The van der Waals surface area contributed by atoms with Gasteiger partial charge in [-0.25, -0.2) is 0 Å². The Hall–Kier alpha value is -2.90. The molecule has 8 nitrogen and oxygen atoms in total. The van der Waals surface area contributed by atoms with Gasteiger partial charge in [0.2, 0.25) is 11.8 Å². The maximum atomic E-state index is 12.4. The number of rotatable bonds is 7. The lowest BCUT2D eigenvalue weighted by atomic mass is 9.81. The van der Waals surface area contributed by atoms with Gasteiger partial charge < -0.3 is 14.8 Å². The molecule has 156 valence electrons. The molecule has 0 unspecified atom stereocenters. The van der Waals surface area contributed by atoms with Crippen LogP contribution in [0.4, 0.5) is 5.69 Å². The van der Waals surface area contributed by atoms with Crippen molar-refractivity contribution in [1.82, 2.24) is 4.90 Å². The second-order valence-electron chi connectivity index (χ2n) is 7.43. The molecule has 3 amide bonds. The number of hydrogen-bond acceptors (Lipinski definition) is 6. The van der Waals surface area contributed by atoms with E-state index in [0.29, 0.717) is 11.4 Å².